The normalized spacial score (nSPS) is 10.9. The van der Waals surface area contributed by atoms with Crippen LogP contribution in [-0.2, 0) is 19.6 Å². The van der Waals surface area contributed by atoms with Crippen LogP contribution in [0.1, 0.15) is 21.8 Å². The van der Waals surface area contributed by atoms with Crippen molar-refractivity contribution in [3.8, 4) is 0 Å². The molecule has 0 fully saturated rings. The Bertz CT molecular complexity index is 1160. The van der Waals surface area contributed by atoms with E-state index in [0.29, 0.717) is 30.3 Å². The Morgan fingerprint density at radius 2 is 2.10 bits per heavy atom. The predicted molar refractivity (Wildman–Crippen MR) is 121 cm³/mol. The minimum Gasteiger partial charge on any atom is -0.467 e. The maximum Gasteiger partial charge on any atom is 0.253 e. The second-order valence-electron chi connectivity index (χ2n) is 6.89. The van der Waals surface area contributed by atoms with E-state index in [0.717, 1.165) is 22.2 Å². The zero-order valence-electron chi connectivity index (χ0n) is 16.0. The highest BCUT2D eigenvalue weighted by atomic mass is 32.1. The smallest absolute Gasteiger partial charge is 0.253 e. The van der Waals surface area contributed by atoms with Crippen molar-refractivity contribution in [2.75, 3.05) is 0 Å². The third-order valence-electron chi connectivity index (χ3n) is 4.65. The first-order valence-corrected chi connectivity index (χ1v) is 10.6. The van der Waals surface area contributed by atoms with E-state index in [-0.39, 0.29) is 5.56 Å². The Morgan fingerprint density at radius 1 is 1.21 bits per heavy atom. The summed E-state index contributed by atoms with van der Waals surface area (Å²) < 4.78 is 5.37. The average Bonchev–Trinajstić information content (AvgIpc) is 3.40. The summed E-state index contributed by atoms with van der Waals surface area (Å²) >= 11 is 7.31. The third-order valence-corrected chi connectivity index (χ3v) is 5.91. The molecule has 0 atom stereocenters. The number of hydrogen-bond acceptors (Lipinski definition) is 4. The highest BCUT2D eigenvalue weighted by molar-refractivity contribution is 7.80. The van der Waals surface area contributed by atoms with Crippen molar-refractivity contribution < 1.29 is 4.42 Å². The van der Waals surface area contributed by atoms with Crippen molar-refractivity contribution >= 4 is 39.6 Å². The number of nitrogens with zero attached hydrogens (tertiary/aromatic N) is 1. The molecule has 0 saturated carbocycles. The maximum atomic E-state index is 12.7. The molecule has 0 amide bonds. The summed E-state index contributed by atoms with van der Waals surface area (Å²) in [6.45, 7) is 3.56. The number of benzene rings is 1. The van der Waals surface area contributed by atoms with E-state index < -0.39 is 0 Å². The first-order chi connectivity index (χ1) is 14.1. The van der Waals surface area contributed by atoms with Crippen LogP contribution >= 0.6 is 23.6 Å². The van der Waals surface area contributed by atoms with Gasteiger partial charge in [-0.1, -0.05) is 18.2 Å². The standard InChI is InChI=1S/C22H21N3O2S2/c1-15-6-7-16-11-17(21(26)24-20(16)10-15)13-25(14-19-5-3-9-29-19)22(28)23-12-18-4-2-8-27-18/h2-11H,12-14H2,1H3,(H,23,28)(H,24,26). The quantitative estimate of drug-likeness (QED) is 0.445. The number of thiocarbonyl (C=S) groups is 1. The number of aryl methyl sites for hydroxylation is 1. The number of furan rings is 1. The van der Waals surface area contributed by atoms with Crippen LogP contribution in [0.4, 0.5) is 0 Å². The lowest BCUT2D eigenvalue weighted by molar-refractivity contribution is 0.396. The fourth-order valence-electron chi connectivity index (χ4n) is 3.16. The Kier molecular flexibility index (Phi) is 5.78. The molecule has 0 aliphatic carbocycles. The number of H-pyrrole nitrogens is 1. The fourth-order valence-corrected chi connectivity index (χ4v) is 4.08. The summed E-state index contributed by atoms with van der Waals surface area (Å²) in [6.07, 6.45) is 1.64. The second-order valence-corrected chi connectivity index (χ2v) is 8.31. The van der Waals surface area contributed by atoms with Crippen LogP contribution in [0.2, 0.25) is 0 Å². The first kappa shape index (κ1) is 19.4. The molecule has 4 aromatic rings. The van der Waals surface area contributed by atoms with Crippen molar-refractivity contribution in [2.45, 2.75) is 26.6 Å². The molecule has 0 bridgehead atoms. The van der Waals surface area contributed by atoms with Crippen LogP contribution in [0.5, 0.6) is 0 Å². The van der Waals surface area contributed by atoms with Crippen molar-refractivity contribution in [1.82, 2.24) is 15.2 Å². The Balaban J connectivity index is 1.58. The minimum atomic E-state index is -0.0897. The van der Waals surface area contributed by atoms with Crippen molar-refractivity contribution in [3.05, 3.63) is 92.3 Å². The molecule has 0 spiro atoms. The van der Waals surface area contributed by atoms with E-state index in [1.54, 1.807) is 17.6 Å². The lowest BCUT2D eigenvalue weighted by Gasteiger charge is -2.25. The van der Waals surface area contributed by atoms with Crippen LogP contribution in [0.15, 0.2) is 69.4 Å². The number of aromatic nitrogens is 1. The van der Waals surface area contributed by atoms with E-state index in [2.05, 4.69) is 16.4 Å². The Hall–Kier alpha value is -2.90. The molecule has 3 heterocycles. The Labute approximate surface area is 178 Å². The number of aromatic amines is 1. The van der Waals surface area contributed by atoms with Gasteiger partial charge in [-0.2, -0.15) is 0 Å². The van der Waals surface area contributed by atoms with Crippen molar-refractivity contribution in [3.63, 3.8) is 0 Å². The molecule has 0 aliphatic rings. The lowest BCUT2D eigenvalue weighted by atomic mass is 10.1. The van der Waals surface area contributed by atoms with Gasteiger partial charge in [0.15, 0.2) is 5.11 Å². The predicted octanol–water partition coefficient (Wildman–Crippen LogP) is 4.57. The second kappa shape index (κ2) is 8.63. The van der Waals surface area contributed by atoms with Gasteiger partial charge in [0.1, 0.15) is 5.76 Å². The maximum absolute atomic E-state index is 12.7. The van der Waals surface area contributed by atoms with Gasteiger partial charge in [0, 0.05) is 16.0 Å². The van der Waals surface area contributed by atoms with Crippen LogP contribution in [0.25, 0.3) is 10.9 Å². The molecule has 1 aromatic carbocycles. The van der Waals surface area contributed by atoms with Gasteiger partial charge in [0.2, 0.25) is 0 Å². The average molecular weight is 424 g/mol. The van der Waals surface area contributed by atoms with E-state index in [1.807, 2.05) is 59.7 Å². The summed E-state index contributed by atoms with van der Waals surface area (Å²) in [7, 11) is 0. The van der Waals surface area contributed by atoms with Crippen LogP contribution in [0, 0.1) is 6.92 Å². The monoisotopic (exact) mass is 423 g/mol. The zero-order chi connectivity index (χ0) is 20.2. The first-order valence-electron chi connectivity index (χ1n) is 9.28. The molecular weight excluding hydrogens is 402 g/mol. The zero-order valence-corrected chi connectivity index (χ0v) is 17.6. The molecule has 0 saturated heterocycles. The molecule has 148 valence electrons. The topological polar surface area (TPSA) is 61.3 Å². The molecule has 3 aromatic heterocycles. The van der Waals surface area contributed by atoms with E-state index in [9.17, 15) is 4.79 Å². The molecule has 0 unspecified atom stereocenters. The number of fused-ring (bicyclic) bond motifs is 1. The summed E-state index contributed by atoms with van der Waals surface area (Å²) in [6, 6.07) is 15.8. The van der Waals surface area contributed by atoms with Crippen molar-refractivity contribution in [1.29, 1.82) is 0 Å². The van der Waals surface area contributed by atoms with Gasteiger partial charge in [0.05, 0.1) is 25.9 Å². The van der Waals surface area contributed by atoms with Gasteiger partial charge < -0.3 is 19.6 Å². The minimum absolute atomic E-state index is 0.0897. The number of thiophene rings is 1. The van der Waals surface area contributed by atoms with Gasteiger partial charge in [-0.05, 0) is 65.8 Å². The van der Waals surface area contributed by atoms with Crippen LogP contribution in [0.3, 0.4) is 0 Å². The largest absolute Gasteiger partial charge is 0.467 e. The summed E-state index contributed by atoms with van der Waals surface area (Å²) in [5.41, 5.74) is 2.55. The van der Waals surface area contributed by atoms with Crippen LogP contribution in [-0.4, -0.2) is 15.0 Å². The highest BCUT2D eigenvalue weighted by Crippen LogP contribution is 2.17. The summed E-state index contributed by atoms with van der Waals surface area (Å²) in [4.78, 5) is 18.9. The van der Waals surface area contributed by atoms with Crippen LogP contribution < -0.4 is 10.9 Å². The molecule has 5 nitrogen and oxygen atoms in total. The van der Waals surface area contributed by atoms with E-state index in [4.69, 9.17) is 16.6 Å². The number of pyridine rings is 1. The van der Waals surface area contributed by atoms with Gasteiger partial charge >= 0.3 is 0 Å². The summed E-state index contributed by atoms with van der Waals surface area (Å²) in [5.74, 6) is 0.808. The molecule has 4 rings (SSSR count). The SMILES string of the molecule is Cc1ccc2cc(CN(Cc3cccs3)C(=S)NCc3ccco3)c(=O)[nH]c2c1. The number of hydrogen-bond donors (Lipinski definition) is 2. The molecule has 0 aliphatic heterocycles. The third kappa shape index (κ3) is 4.75. The fraction of sp³-hybridized carbons (Fsp3) is 0.182. The highest BCUT2D eigenvalue weighted by Gasteiger charge is 2.15. The number of rotatable bonds is 6. The van der Waals surface area contributed by atoms with Gasteiger partial charge in [-0.25, -0.2) is 0 Å². The molecule has 7 heteroatoms. The molecule has 0 radical (unpaired) electrons. The number of nitrogens with one attached hydrogen (secondary N) is 2. The summed E-state index contributed by atoms with van der Waals surface area (Å²) in [5, 5.41) is 6.87. The van der Waals surface area contributed by atoms with Crippen molar-refractivity contribution in [2.24, 2.45) is 0 Å². The van der Waals surface area contributed by atoms with Gasteiger partial charge in [-0.15, -0.1) is 11.3 Å². The van der Waals surface area contributed by atoms with Gasteiger partial charge in [0.25, 0.3) is 5.56 Å². The molecular formula is C22H21N3O2S2. The van der Waals surface area contributed by atoms with E-state index in [1.165, 1.54) is 4.88 Å². The van der Waals surface area contributed by atoms with E-state index >= 15 is 0 Å². The lowest BCUT2D eigenvalue weighted by Crippen LogP contribution is -2.39. The Morgan fingerprint density at radius 3 is 2.86 bits per heavy atom. The molecule has 29 heavy (non-hydrogen) atoms. The molecule has 2 N–H and O–H groups in total. The van der Waals surface area contributed by atoms with Gasteiger partial charge in [-0.3, -0.25) is 4.79 Å².